The molecule has 1 saturated heterocycles. The van der Waals surface area contributed by atoms with Gasteiger partial charge in [0.05, 0.1) is 5.92 Å². The minimum absolute atomic E-state index is 0.0651. The number of carbonyl (C=O) groups excluding carboxylic acids is 2. The summed E-state index contributed by atoms with van der Waals surface area (Å²) < 4.78 is 0. The molecule has 1 unspecified atom stereocenters. The van der Waals surface area contributed by atoms with Crippen LogP contribution in [0.15, 0.2) is 0 Å². The predicted molar refractivity (Wildman–Crippen MR) is 123 cm³/mol. The molecule has 1 rings (SSSR count). The molecule has 0 bridgehead atoms. The molecular weight excluding hydrogens is 360 g/mol. The highest BCUT2D eigenvalue weighted by Gasteiger charge is 2.33. The second-order valence-electron chi connectivity index (χ2n) is 8.98. The zero-order valence-electron chi connectivity index (χ0n) is 19.5. The van der Waals surface area contributed by atoms with Crippen LogP contribution in [0.4, 0.5) is 0 Å². The molecule has 1 fully saturated rings. The fourth-order valence-corrected chi connectivity index (χ4v) is 4.19. The lowest BCUT2D eigenvalue weighted by Crippen LogP contribution is -2.33. The molecule has 170 valence electrons. The molecule has 0 radical (unpaired) electrons. The summed E-state index contributed by atoms with van der Waals surface area (Å²) in [7, 11) is 0. The Kier molecular flexibility index (Phi) is 15.9. The number of hydrogen-bond donors (Lipinski definition) is 1. The second-order valence-corrected chi connectivity index (χ2v) is 8.98. The monoisotopic (exact) mass is 408 g/mol. The summed E-state index contributed by atoms with van der Waals surface area (Å²) in [6.07, 6.45) is 21.4. The number of amides is 2. The molecule has 0 aromatic carbocycles. The van der Waals surface area contributed by atoms with Crippen LogP contribution in [0.5, 0.6) is 0 Å². The highest BCUT2D eigenvalue weighted by atomic mass is 16.2. The molecule has 1 heterocycles. The summed E-state index contributed by atoms with van der Waals surface area (Å²) in [6, 6.07) is 0. The number of rotatable bonds is 19. The number of nitrogens with zero attached hydrogens (tertiary/aromatic N) is 1. The van der Waals surface area contributed by atoms with Gasteiger partial charge in [-0.2, -0.15) is 0 Å². The zero-order valence-corrected chi connectivity index (χ0v) is 19.5. The van der Waals surface area contributed by atoms with E-state index in [-0.39, 0.29) is 17.7 Å². The third kappa shape index (κ3) is 13.0. The third-order valence-corrected chi connectivity index (χ3v) is 6.20. The van der Waals surface area contributed by atoms with Crippen LogP contribution >= 0.6 is 0 Å². The standard InChI is InChI=1S/C25H48N2O2/c1-3-5-7-8-9-10-11-12-13-14-15-16-17-18-20-27-22-23(21-24(27)28)25(29)26-19-6-4-2/h23H,3-22H2,1-2H3,(H,26,29). The van der Waals surface area contributed by atoms with E-state index in [0.29, 0.717) is 13.0 Å². The average molecular weight is 409 g/mol. The minimum Gasteiger partial charge on any atom is -0.356 e. The Hall–Kier alpha value is -1.06. The Morgan fingerprint density at radius 2 is 1.28 bits per heavy atom. The fourth-order valence-electron chi connectivity index (χ4n) is 4.19. The van der Waals surface area contributed by atoms with Gasteiger partial charge in [-0.05, 0) is 12.8 Å². The Morgan fingerprint density at radius 3 is 1.79 bits per heavy atom. The molecular formula is C25H48N2O2. The predicted octanol–water partition coefficient (Wildman–Crippen LogP) is 6.23. The smallest absolute Gasteiger partial charge is 0.225 e. The van der Waals surface area contributed by atoms with Crippen molar-refractivity contribution in [2.24, 2.45) is 5.92 Å². The van der Waals surface area contributed by atoms with E-state index in [4.69, 9.17) is 0 Å². The Balaban J connectivity index is 1.91. The van der Waals surface area contributed by atoms with E-state index >= 15 is 0 Å². The molecule has 0 spiro atoms. The van der Waals surface area contributed by atoms with Crippen LogP contribution < -0.4 is 5.32 Å². The minimum atomic E-state index is -0.133. The molecule has 1 aliphatic heterocycles. The quantitative estimate of drug-likeness (QED) is 0.257. The molecule has 4 heteroatoms. The summed E-state index contributed by atoms with van der Waals surface area (Å²) >= 11 is 0. The van der Waals surface area contributed by atoms with Gasteiger partial charge in [0.15, 0.2) is 0 Å². The molecule has 4 nitrogen and oxygen atoms in total. The lowest BCUT2D eigenvalue weighted by Gasteiger charge is -2.16. The highest BCUT2D eigenvalue weighted by molar-refractivity contribution is 5.89. The van der Waals surface area contributed by atoms with Crippen molar-refractivity contribution in [1.29, 1.82) is 0 Å². The number of unbranched alkanes of at least 4 members (excludes halogenated alkanes) is 14. The SMILES string of the molecule is CCCCCCCCCCCCCCCCN1CC(C(=O)NCCCC)CC1=O. The summed E-state index contributed by atoms with van der Waals surface area (Å²) in [6.45, 7) is 6.57. The normalized spacial score (nSPS) is 16.6. The van der Waals surface area contributed by atoms with E-state index in [1.165, 1.54) is 83.5 Å². The largest absolute Gasteiger partial charge is 0.356 e. The first kappa shape index (κ1) is 26.0. The third-order valence-electron chi connectivity index (χ3n) is 6.20. The van der Waals surface area contributed by atoms with Crippen molar-refractivity contribution in [3.8, 4) is 0 Å². The maximum Gasteiger partial charge on any atom is 0.225 e. The van der Waals surface area contributed by atoms with Gasteiger partial charge in [0.2, 0.25) is 11.8 Å². The van der Waals surface area contributed by atoms with Crippen molar-refractivity contribution in [2.45, 2.75) is 123 Å². The van der Waals surface area contributed by atoms with E-state index in [1.807, 2.05) is 4.90 Å². The maximum atomic E-state index is 12.1. The van der Waals surface area contributed by atoms with Crippen molar-refractivity contribution < 1.29 is 9.59 Å². The van der Waals surface area contributed by atoms with Crippen LogP contribution in [0.1, 0.15) is 123 Å². The molecule has 0 aromatic heterocycles. The molecule has 1 N–H and O–H groups in total. The van der Waals surface area contributed by atoms with Crippen LogP contribution in [-0.4, -0.2) is 36.3 Å². The summed E-state index contributed by atoms with van der Waals surface area (Å²) in [4.78, 5) is 26.2. The van der Waals surface area contributed by atoms with Gasteiger partial charge < -0.3 is 10.2 Å². The maximum absolute atomic E-state index is 12.1. The van der Waals surface area contributed by atoms with Crippen LogP contribution in [0.25, 0.3) is 0 Å². The zero-order chi connectivity index (χ0) is 21.2. The topological polar surface area (TPSA) is 49.4 Å². The van der Waals surface area contributed by atoms with Crippen molar-refractivity contribution in [3.05, 3.63) is 0 Å². The van der Waals surface area contributed by atoms with Crippen molar-refractivity contribution in [1.82, 2.24) is 10.2 Å². The van der Waals surface area contributed by atoms with E-state index in [0.717, 1.165) is 32.4 Å². The molecule has 29 heavy (non-hydrogen) atoms. The second kappa shape index (κ2) is 17.8. The molecule has 0 saturated carbocycles. The van der Waals surface area contributed by atoms with Gasteiger partial charge in [-0.1, -0.05) is 104 Å². The van der Waals surface area contributed by atoms with E-state index in [2.05, 4.69) is 19.2 Å². The fraction of sp³-hybridized carbons (Fsp3) is 0.920. The van der Waals surface area contributed by atoms with Gasteiger partial charge in [-0.25, -0.2) is 0 Å². The van der Waals surface area contributed by atoms with Gasteiger partial charge in [-0.15, -0.1) is 0 Å². The summed E-state index contributed by atoms with van der Waals surface area (Å²) in [5, 5.41) is 2.97. The van der Waals surface area contributed by atoms with Crippen molar-refractivity contribution >= 4 is 11.8 Å². The number of hydrogen-bond acceptors (Lipinski definition) is 2. The van der Waals surface area contributed by atoms with Gasteiger partial charge in [0.1, 0.15) is 0 Å². The van der Waals surface area contributed by atoms with Crippen LogP contribution in [0.3, 0.4) is 0 Å². The molecule has 0 aliphatic carbocycles. The lowest BCUT2D eigenvalue weighted by atomic mass is 10.0. The van der Waals surface area contributed by atoms with Crippen LogP contribution in [0.2, 0.25) is 0 Å². The summed E-state index contributed by atoms with van der Waals surface area (Å²) in [5.74, 6) is 0.0941. The summed E-state index contributed by atoms with van der Waals surface area (Å²) in [5.41, 5.74) is 0. The van der Waals surface area contributed by atoms with Crippen LogP contribution in [0, 0.1) is 5.92 Å². The van der Waals surface area contributed by atoms with E-state index in [1.54, 1.807) is 0 Å². The first-order valence-corrected chi connectivity index (χ1v) is 12.7. The van der Waals surface area contributed by atoms with Gasteiger partial charge in [0, 0.05) is 26.1 Å². The van der Waals surface area contributed by atoms with Crippen molar-refractivity contribution in [2.75, 3.05) is 19.6 Å². The van der Waals surface area contributed by atoms with Gasteiger partial charge in [0.25, 0.3) is 0 Å². The number of likely N-dealkylation sites (tertiary alicyclic amines) is 1. The number of carbonyl (C=O) groups is 2. The highest BCUT2D eigenvalue weighted by Crippen LogP contribution is 2.19. The lowest BCUT2D eigenvalue weighted by molar-refractivity contribution is -0.129. The molecule has 2 amide bonds. The first-order chi connectivity index (χ1) is 14.2. The Bertz CT molecular complexity index is 425. The van der Waals surface area contributed by atoms with Gasteiger partial charge >= 0.3 is 0 Å². The van der Waals surface area contributed by atoms with Crippen LogP contribution in [-0.2, 0) is 9.59 Å². The Morgan fingerprint density at radius 1 is 0.793 bits per heavy atom. The number of nitrogens with one attached hydrogen (secondary N) is 1. The molecule has 0 aromatic rings. The Labute approximate surface area is 180 Å². The van der Waals surface area contributed by atoms with E-state index < -0.39 is 0 Å². The van der Waals surface area contributed by atoms with E-state index in [9.17, 15) is 9.59 Å². The average Bonchev–Trinajstić information content (AvgIpc) is 3.09. The van der Waals surface area contributed by atoms with Gasteiger partial charge in [-0.3, -0.25) is 9.59 Å². The molecule has 1 aliphatic rings. The first-order valence-electron chi connectivity index (χ1n) is 12.7. The van der Waals surface area contributed by atoms with Crippen molar-refractivity contribution in [3.63, 3.8) is 0 Å². The molecule has 1 atom stereocenters.